The third-order valence-corrected chi connectivity index (χ3v) is 4.52. The van der Waals surface area contributed by atoms with Crippen LogP contribution in [0.1, 0.15) is 45.6 Å². The van der Waals surface area contributed by atoms with Crippen molar-refractivity contribution in [1.82, 2.24) is 5.32 Å². The van der Waals surface area contributed by atoms with Gasteiger partial charge in [-0.25, -0.2) is 0 Å². The maximum atomic E-state index is 12.2. The minimum absolute atomic E-state index is 0.0316. The second-order valence-electron chi connectivity index (χ2n) is 6.91. The van der Waals surface area contributed by atoms with E-state index in [4.69, 9.17) is 9.47 Å². The Morgan fingerprint density at radius 2 is 1.96 bits per heavy atom. The average molecular weight is 319 g/mol. The molecule has 1 amide bonds. The van der Waals surface area contributed by atoms with Crippen molar-refractivity contribution in [2.75, 3.05) is 19.8 Å². The Labute approximate surface area is 139 Å². The Hall–Kier alpha value is -1.39. The quantitative estimate of drug-likeness (QED) is 0.673. The van der Waals surface area contributed by atoms with Gasteiger partial charge in [0, 0.05) is 19.8 Å². The van der Waals surface area contributed by atoms with E-state index in [9.17, 15) is 4.79 Å². The standard InChI is InChI=1S/C19H29NO3/c1-4-23-18(2,3)17(21)20-15-19(10-11-19)12-13-22-14-16-8-6-5-7-9-16/h5-9H,4,10-15H2,1-3H3,(H,20,21). The summed E-state index contributed by atoms with van der Waals surface area (Å²) < 4.78 is 11.3. The zero-order valence-corrected chi connectivity index (χ0v) is 14.6. The molecule has 1 aromatic rings. The minimum atomic E-state index is -0.755. The predicted octanol–water partition coefficient (Wildman–Crippen LogP) is 3.30. The van der Waals surface area contributed by atoms with Crippen LogP contribution in [0.15, 0.2) is 30.3 Å². The number of amides is 1. The fourth-order valence-corrected chi connectivity index (χ4v) is 2.65. The van der Waals surface area contributed by atoms with E-state index in [0.29, 0.717) is 13.2 Å². The summed E-state index contributed by atoms with van der Waals surface area (Å²) in [6, 6.07) is 10.2. The molecule has 1 saturated carbocycles. The molecule has 0 saturated heterocycles. The molecule has 0 atom stereocenters. The summed E-state index contributed by atoms with van der Waals surface area (Å²) in [4.78, 5) is 12.2. The Morgan fingerprint density at radius 1 is 1.26 bits per heavy atom. The molecule has 128 valence electrons. The van der Waals surface area contributed by atoms with E-state index in [2.05, 4.69) is 17.4 Å². The zero-order chi connectivity index (χ0) is 16.8. The van der Waals surface area contributed by atoms with E-state index in [-0.39, 0.29) is 11.3 Å². The van der Waals surface area contributed by atoms with Crippen LogP contribution < -0.4 is 5.32 Å². The van der Waals surface area contributed by atoms with Crippen molar-refractivity contribution in [3.8, 4) is 0 Å². The highest BCUT2D eigenvalue weighted by atomic mass is 16.5. The first-order valence-electron chi connectivity index (χ1n) is 8.51. The molecule has 1 aromatic carbocycles. The summed E-state index contributed by atoms with van der Waals surface area (Å²) in [5.41, 5.74) is 0.674. The molecule has 0 spiro atoms. The van der Waals surface area contributed by atoms with Crippen molar-refractivity contribution < 1.29 is 14.3 Å². The molecule has 0 heterocycles. The number of hydrogen-bond acceptors (Lipinski definition) is 3. The van der Waals surface area contributed by atoms with Crippen LogP contribution in [0.5, 0.6) is 0 Å². The first-order chi connectivity index (χ1) is 11.0. The Bertz CT molecular complexity index is 495. The van der Waals surface area contributed by atoms with E-state index in [1.807, 2.05) is 39.0 Å². The van der Waals surface area contributed by atoms with Crippen molar-refractivity contribution in [3.05, 3.63) is 35.9 Å². The van der Waals surface area contributed by atoms with Gasteiger partial charge in [0.2, 0.25) is 0 Å². The SMILES string of the molecule is CCOC(C)(C)C(=O)NCC1(CCOCc2ccccc2)CC1. The highest BCUT2D eigenvalue weighted by Gasteiger charge is 2.43. The molecular formula is C19H29NO3. The van der Waals surface area contributed by atoms with Crippen LogP contribution in [0, 0.1) is 5.41 Å². The van der Waals surface area contributed by atoms with Gasteiger partial charge in [-0.05, 0) is 51.0 Å². The van der Waals surface area contributed by atoms with Gasteiger partial charge in [0.25, 0.3) is 5.91 Å². The largest absolute Gasteiger partial charge is 0.377 e. The lowest BCUT2D eigenvalue weighted by atomic mass is 10.0. The highest BCUT2D eigenvalue weighted by molar-refractivity contribution is 5.84. The highest BCUT2D eigenvalue weighted by Crippen LogP contribution is 2.48. The molecule has 2 rings (SSSR count). The maximum absolute atomic E-state index is 12.2. The van der Waals surface area contributed by atoms with Gasteiger partial charge in [-0.3, -0.25) is 4.79 Å². The first kappa shape index (κ1) is 18.0. The molecule has 4 nitrogen and oxygen atoms in total. The van der Waals surface area contributed by atoms with Crippen molar-refractivity contribution in [3.63, 3.8) is 0 Å². The molecule has 0 aromatic heterocycles. The lowest BCUT2D eigenvalue weighted by Crippen LogP contribution is -2.46. The number of nitrogens with one attached hydrogen (secondary N) is 1. The topological polar surface area (TPSA) is 47.6 Å². The van der Waals surface area contributed by atoms with Crippen molar-refractivity contribution >= 4 is 5.91 Å². The number of rotatable bonds is 10. The molecule has 1 aliphatic rings. The summed E-state index contributed by atoms with van der Waals surface area (Å²) in [5, 5.41) is 3.05. The molecule has 0 bridgehead atoms. The van der Waals surface area contributed by atoms with Crippen molar-refractivity contribution in [2.24, 2.45) is 5.41 Å². The van der Waals surface area contributed by atoms with Crippen LogP contribution in [-0.4, -0.2) is 31.3 Å². The first-order valence-corrected chi connectivity index (χ1v) is 8.51. The molecule has 4 heteroatoms. The van der Waals surface area contributed by atoms with Crippen LogP contribution in [0.2, 0.25) is 0 Å². The number of carbonyl (C=O) groups excluding carboxylic acids is 1. The molecule has 1 fully saturated rings. The maximum Gasteiger partial charge on any atom is 0.251 e. The molecular weight excluding hydrogens is 290 g/mol. The van der Waals surface area contributed by atoms with Crippen LogP contribution in [0.25, 0.3) is 0 Å². The molecule has 23 heavy (non-hydrogen) atoms. The van der Waals surface area contributed by atoms with Crippen molar-refractivity contribution in [2.45, 2.75) is 52.2 Å². The van der Waals surface area contributed by atoms with Gasteiger partial charge in [0.1, 0.15) is 5.60 Å². The summed E-state index contributed by atoms with van der Waals surface area (Å²) in [6.45, 7) is 8.18. The summed E-state index contributed by atoms with van der Waals surface area (Å²) in [5.74, 6) is -0.0316. The molecule has 0 unspecified atom stereocenters. The average Bonchev–Trinajstić information content (AvgIpc) is 3.31. The molecule has 1 aliphatic carbocycles. The van der Waals surface area contributed by atoms with E-state index in [1.165, 1.54) is 5.56 Å². The van der Waals surface area contributed by atoms with Gasteiger partial charge in [-0.2, -0.15) is 0 Å². The third kappa shape index (κ3) is 5.63. The molecule has 0 radical (unpaired) electrons. The van der Waals surface area contributed by atoms with E-state index >= 15 is 0 Å². The van der Waals surface area contributed by atoms with Crippen LogP contribution in [0.4, 0.5) is 0 Å². The molecule has 1 N–H and O–H groups in total. The second kappa shape index (κ2) is 7.93. The van der Waals surface area contributed by atoms with Gasteiger partial charge in [-0.1, -0.05) is 30.3 Å². The Morgan fingerprint density at radius 3 is 2.57 bits per heavy atom. The van der Waals surface area contributed by atoms with Crippen LogP contribution >= 0.6 is 0 Å². The van der Waals surface area contributed by atoms with Gasteiger partial charge in [-0.15, -0.1) is 0 Å². The normalized spacial score (nSPS) is 16.1. The monoisotopic (exact) mass is 319 g/mol. The lowest BCUT2D eigenvalue weighted by molar-refractivity contribution is -0.142. The predicted molar refractivity (Wildman–Crippen MR) is 91.1 cm³/mol. The Kier molecular flexibility index (Phi) is 6.19. The number of ether oxygens (including phenoxy) is 2. The van der Waals surface area contributed by atoms with Crippen LogP contribution in [0.3, 0.4) is 0 Å². The van der Waals surface area contributed by atoms with Gasteiger partial charge >= 0.3 is 0 Å². The van der Waals surface area contributed by atoms with E-state index < -0.39 is 5.60 Å². The van der Waals surface area contributed by atoms with Gasteiger partial charge < -0.3 is 14.8 Å². The smallest absolute Gasteiger partial charge is 0.251 e. The van der Waals surface area contributed by atoms with Crippen molar-refractivity contribution in [1.29, 1.82) is 0 Å². The van der Waals surface area contributed by atoms with E-state index in [1.54, 1.807) is 0 Å². The fraction of sp³-hybridized carbons (Fsp3) is 0.632. The summed E-state index contributed by atoms with van der Waals surface area (Å²) in [7, 11) is 0. The summed E-state index contributed by atoms with van der Waals surface area (Å²) >= 11 is 0. The zero-order valence-electron chi connectivity index (χ0n) is 14.6. The second-order valence-corrected chi connectivity index (χ2v) is 6.91. The molecule has 0 aliphatic heterocycles. The minimum Gasteiger partial charge on any atom is -0.377 e. The lowest BCUT2D eigenvalue weighted by Gasteiger charge is -2.25. The Balaban J connectivity index is 1.66. The number of benzene rings is 1. The summed E-state index contributed by atoms with van der Waals surface area (Å²) in [6.07, 6.45) is 3.32. The van der Waals surface area contributed by atoms with E-state index in [0.717, 1.165) is 32.4 Å². The number of carbonyl (C=O) groups is 1. The van der Waals surface area contributed by atoms with Gasteiger partial charge in [0.15, 0.2) is 0 Å². The van der Waals surface area contributed by atoms with Crippen LogP contribution in [-0.2, 0) is 20.9 Å². The number of hydrogen-bond donors (Lipinski definition) is 1. The fourth-order valence-electron chi connectivity index (χ4n) is 2.65. The third-order valence-electron chi connectivity index (χ3n) is 4.52. The van der Waals surface area contributed by atoms with Gasteiger partial charge in [0.05, 0.1) is 6.61 Å².